The van der Waals surface area contributed by atoms with Gasteiger partial charge in [0.2, 0.25) is 0 Å². The van der Waals surface area contributed by atoms with Crippen molar-refractivity contribution in [3.63, 3.8) is 0 Å². The average Bonchev–Trinajstić information content (AvgIpc) is 2.02. The first-order valence-corrected chi connectivity index (χ1v) is 4.11. The van der Waals surface area contributed by atoms with Crippen molar-refractivity contribution in [2.75, 3.05) is 0 Å². The number of carbonyl (C=O) groups is 1. The molecule has 0 unspecified atom stereocenters. The minimum Gasteiger partial charge on any atom is -0.477 e. The van der Waals surface area contributed by atoms with E-state index in [4.69, 9.17) is 16.7 Å². The monoisotopic (exact) mass is 220 g/mol. The van der Waals surface area contributed by atoms with Crippen LogP contribution >= 0.6 is 11.6 Å². The summed E-state index contributed by atoms with van der Waals surface area (Å²) in [6, 6.07) is 3.56. The van der Waals surface area contributed by atoms with E-state index in [0.717, 1.165) is 6.07 Å². The highest BCUT2D eigenvalue weighted by atomic mass is 35.5. The third-order valence-corrected chi connectivity index (χ3v) is 2.03. The second kappa shape index (κ2) is 3.53. The number of carboxylic acids is 1. The summed E-state index contributed by atoms with van der Waals surface area (Å²) in [5.74, 6) is -6.03. The zero-order valence-electron chi connectivity index (χ0n) is 7.22. The lowest BCUT2D eigenvalue weighted by atomic mass is 10.0. The van der Waals surface area contributed by atoms with Crippen LogP contribution in [0.4, 0.5) is 8.78 Å². The largest absolute Gasteiger partial charge is 0.477 e. The summed E-state index contributed by atoms with van der Waals surface area (Å²) < 4.78 is 26.1. The van der Waals surface area contributed by atoms with Crippen LogP contribution in [0.3, 0.4) is 0 Å². The predicted molar refractivity (Wildman–Crippen MR) is 47.7 cm³/mol. The smallest absolute Gasteiger partial charge is 0.379 e. The van der Waals surface area contributed by atoms with Crippen molar-refractivity contribution in [1.29, 1.82) is 0 Å². The van der Waals surface area contributed by atoms with E-state index in [-0.39, 0.29) is 5.56 Å². The van der Waals surface area contributed by atoms with Gasteiger partial charge < -0.3 is 5.11 Å². The Balaban J connectivity index is 3.26. The van der Waals surface area contributed by atoms with Gasteiger partial charge in [0.25, 0.3) is 0 Å². The summed E-state index contributed by atoms with van der Waals surface area (Å²) >= 11 is 5.55. The summed E-state index contributed by atoms with van der Waals surface area (Å²) in [6.45, 7) is 1.39. The molecule has 0 saturated carbocycles. The number of halogens is 3. The van der Waals surface area contributed by atoms with Crippen molar-refractivity contribution >= 4 is 17.6 Å². The van der Waals surface area contributed by atoms with Crippen LogP contribution in [0.15, 0.2) is 18.2 Å². The van der Waals surface area contributed by atoms with E-state index >= 15 is 0 Å². The molecule has 5 heteroatoms. The lowest BCUT2D eigenvalue weighted by Gasteiger charge is -2.13. The summed E-state index contributed by atoms with van der Waals surface area (Å²) in [7, 11) is 0. The highest BCUT2D eigenvalue weighted by molar-refractivity contribution is 6.30. The Bertz CT molecular complexity index is 377. The molecule has 0 atom stereocenters. The number of rotatable bonds is 2. The van der Waals surface area contributed by atoms with Crippen LogP contribution in [0.1, 0.15) is 11.1 Å². The van der Waals surface area contributed by atoms with Crippen molar-refractivity contribution in [2.45, 2.75) is 12.8 Å². The maximum absolute atomic E-state index is 13.0. The Morgan fingerprint density at radius 1 is 1.50 bits per heavy atom. The molecule has 1 aromatic carbocycles. The average molecular weight is 221 g/mol. The second-order valence-corrected chi connectivity index (χ2v) is 3.28. The molecule has 0 aliphatic heterocycles. The zero-order valence-corrected chi connectivity index (χ0v) is 7.98. The van der Waals surface area contributed by atoms with Crippen LogP contribution in [-0.2, 0) is 10.7 Å². The van der Waals surface area contributed by atoms with Gasteiger partial charge in [0.05, 0.1) is 0 Å². The molecular formula is C9H7ClF2O2. The molecule has 0 heterocycles. The van der Waals surface area contributed by atoms with Crippen molar-refractivity contribution in [3.8, 4) is 0 Å². The topological polar surface area (TPSA) is 37.3 Å². The van der Waals surface area contributed by atoms with Gasteiger partial charge in [0.15, 0.2) is 0 Å². The van der Waals surface area contributed by atoms with Gasteiger partial charge in [-0.1, -0.05) is 17.7 Å². The number of alkyl halides is 2. The third kappa shape index (κ3) is 1.85. The fourth-order valence-corrected chi connectivity index (χ4v) is 1.32. The molecule has 0 bridgehead atoms. The van der Waals surface area contributed by atoms with Gasteiger partial charge in [-0.3, -0.25) is 0 Å². The van der Waals surface area contributed by atoms with E-state index in [2.05, 4.69) is 0 Å². The Kier molecular flexibility index (Phi) is 2.76. The quantitative estimate of drug-likeness (QED) is 0.832. The molecule has 0 fully saturated rings. The molecule has 0 radical (unpaired) electrons. The van der Waals surface area contributed by atoms with Crippen molar-refractivity contribution in [2.24, 2.45) is 0 Å². The van der Waals surface area contributed by atoms with E-state index < -0.39 is 17.5 Å². The number of carboxylic acid groups (broad SMARTS) is 1. The van der Waals surface area contributed by atoms with Gasteiger partial charge >= 0.3 is 11.9 Å². The molecule has 0 amide bonds. The van der Waals surface area contributed by atoms with Crippen LogP contribution < -0.4 is 0 Å². The highest BCUT2D eigenvalue weighted by Crippen LogP contribution is 2.31. The molecule has 0 saturated heterocycles. The number of aryl methyl sites for hydroxylation is 1. The van der Waals surface area contributed by atoms with Gasteiger partial charge in [-0.2, -0.15) is 8.78 Å². The van der Waals surface area contributed by atoms with Crippen LogP contribution in [0.25, 0.3) is 0 Å². The van der Waals surface area contributed by atoms with E-state index in [1.54, 1.807) is 0 Å². The highest BCUT2D eigenvalue weighted by Gasteiger charge is 2.42. The Morgan fingerprint density at radius 3 is 2.50 bits per heavy atom. The molecule has 2 nitrogen and oxygen atoms in total. The Hall–Kier alpha value is -1.16. The zero-order chi connectivity index (χ0) is 10.9. The SMILES string of the molecule is Cc1cc(Cl)ccc1C(F)(F)C(=O)O. The molecule has 1 aromatic rings. The van der Waals surface area contributed by atoms with E-state index in [9.17, 15) is 13.6 Å². The molecule has 0 aliphatic carbocycles. The number of aliphatic carboxylic acids is 1. The normalized spacial score (nSPS) is 11.4. The molecular weight excluding hydrogens is 214 g/mol. The summed E-state index contributed by atoms with van der Waals surface area (Å²) in [5, 5.41) is 8.60. The molecule has 1 rings (SSSR count). The third-order valence-electron chi connectivity index (χ3n) is 1.80. The molecule has 1 N–H and O–H groups in total. The first-order valence-electron chi connectivity index (χ1n) is 3.73. The lowest BCUT2D eigenvalue weighted by Crippen LogP contribution is -2.26. The molecule has 0 aromatic heterocycles. The molecule has 0 aliphatic rings. The van der Waals surface area contributed by atoms with Crippen molar-refractivity contribution in [1.82, 2.24) is 0 Å². The van der Waals surface area contributed by atoms with Crippen molar-refractivity contribution < 1.29 is 18.7 Å². The summed E-state index contributed by atoms with van der Waals surface area (Å²) in [6.07, 6.45) is 0. The van der Waals surface area contributed by atoms with Gasteiger partial charge in [0, 0.05) is 10.6 Å². The van der Waals surface area contributed by atoms with E-state index in [1.165, 1.54) is 19.1 Å². The fraction of sp³-hybridized carbons (Fsp3) is 0.222. The van der Waals surface area contributed by atoms with Crippen LogP contribution in [-0.4, -0.2) is 11.1 Å². The fourth-order valence-electron chi connectivity index (χ4n) is 1.09. The maximum Gasteiger partial charge on any atom is 0.379 e. The predicted octanol–water partition coefficient (Wildman–Crippen LogP) is 2.82. The molecule has 0 spiro atoms. The number of hydrogen-bond donors (Lipinski definition) is 1. The second-order valence-electron chi connectivity index (χ2n) is 2.84. The Labute approximate surface area is 84.1 Å². The van der Waals surface area contributed by atoms with Gasteiger partial charge in [-0.25, -0.2) is 4.79 Å². The molecule has 14 heavy (non-hydrogen) atoms. The minimum atomic E-state index is -3.87. The minimum absolute atomic E-state index is 0.157. The summed E-state index contributed by atoms with van der Waals surface area (Å²) in [4.78, 5) is 10.3. The van der Waals surface area contributed by atoms with Crippen LogP contribution in [0.2, 0.25) is 5.02 Å². The number of hydrogen-bond acceptors (Lipinski definition) is 1. The maximum atomic E-state index is 13.0. The van der Waals surface area contributed by atoms with Gasteiger partial charge in [-0.15, -0.1) is 0 Å². The van der Waals surface area contributed by atoms with Gasteiger partial charge in [-0.05, 0) is 24.6 Å². The standard InChI is InChI=1S/C9H7ClF2O2/c1-5-4-6(10)2-3-7(5)9(11,12)8(13)14/h2-4H,1H3,(H,13,14). The van der Waals surface area contributed by atoms with E-state index in [0.29, 0.717) is 5.02 Å². The van der Waals surface area contributed by atoms with Crippen LogP contribution in [0.5, 0.6) is 0 Å². The summed E-state index contributed by atoms with van der Waals surface area (Å²) in [5.41, 5.74) is -0.376. The van der Waals surface area contributed by atoms with Crippen LogP contribution in [0, 0.1) is 6.92 Å². The van der Waals surface area contributed by atoms with E-state index in [1.807, 2.05) is 0 Å². The first-order chi connectivity index (χ1) is 6.35. The first kappa shape index (κ1) is 10.9. The van der Waals surface area contributed by atoms with Gasteiger partial charge in [0.1, 0.15) is 0 Å². The Morgan fingerprint density at radius 2 is 2.07 bits per heavy atom. The number of benzene rings is 1. The molecule has 76 valence electrons. The van der Waals surface area contributed by atoms with Crippen molar-refractivity contribution in [3.05, 3.63) is 34.3 Å². The lowest BCUT2D eigenvalue weighted by molar-refractivity contribution is -0.166.